The summed E-state index contributed by atoms with van der Waals surface area (Å²) in [5.74, 6) is -2.98. The molecular weight excluding hydrogens is 310 g/mol. The number of benzene rings is 2. The molecule has 0 heterocycles. The Hall–Kier alpha value is -2.62. The minimum Gasteiger partial charge on any atom is -0.505 e. The summed E-state index contributed by atoms with van der Waals surface area (Å²) in [7, 11) is 0. The Morgan fingerprint density at radius 3 is 2.42 bits per heavy atom. The van der Waals surface area contributed by atoms with Crippen LogP contribution in [0, 0.1) is 11.6 Å². The van der Waals surface area contributed by atoms with Gasteiger partial charge in [-0.3, -0.25) is 0 Å². The maximum absolute atomic E-state index is 13.8. The molecule has 2 aromatic rings. The second-order valence-electron chi connectivity index (χ2n) is 5.69. The molecule has 124 valence electrons. The molecule has 2 aromatic carbocycles. The molecular formula is C20H18F2O2. The summed E-state index contributed by atoms with van der Waals surface area (Å²) < 4.78 is 71.3. The number of hydrogen-bond acceptors (Lipinski definition) is 2. The lowest BCUT2D eigenvalue weighted by molar-refractivity contribution is 0.431. The van der Waals surface area contributed by atoms with Crippen molar-refractivity contribution in [3.05, 3.63) is 69.3 Å². The Bertz CT molecular complexity index is 1120. The molecule has 2 N–H and O–H groups in total. The summed E-state index contributed by atoms with van der Waals surface area (Å²) in [5.41, 5.74) is 1.98. The summed E-state index contributed by atoms with van der Waals surface area (Å²) in [5, 5.41) is 18.4. The topological polar surface area (TPSA) is 40.5 Å². The fourth-order valence-corrected chi connectivity index (χ4v) is 2.67. The summed E-state index contributed by atoms with van der Waals surface area (Å²) >= 11 is 0. The van der Waals surface area contributed by atoms with Gasteiger partial charge in [0.05, 0.1) is 4.11 Å². The first-order chi connectivity index (χ1) is 13.8. The van der Waals surface area contributed by atoms with Crippen molar-refractivity contribution in [2.75, 3.05) is 0 Å². The zero-order valence-electron chi connectivity index (χ0n) is 18.8. The van der Waals surface area contributed by atoms with Gasteiger partial charge in [0, 0.05) is 15.2 Å². The molecule has 0 saturated heterocycles. The van der Waals surface area contributed by atoms with Crippen molar-refractivity contribution in [2.45, 2.75) is 26.6 Å². The number of halogens is 2. The number of aromatic hydroxyl groups is 2. The van der Waals surface area contributed by atoms with Crippen molar-refractivity contribution in [3.63, 3.8) is 0 Å². The zero-order valence-corrected chi connectivity index (χ0v) is 12.8. The van der Waals surface area contributed by atoms with Crippen molar-refractivity contribution in [3.8, 4) is 11.5 Å². The number of rotatable bonds is 0. The van der Waals surface area contributed by atoms with E-state index in [2.05, 4.69) is 0 Å². The minimum atomic E-state index is -2.55. The first-order valence-electron chi connectivity index (χ1n) is 10.2. The Morgan fingerprint density at radius 2 is 1.67 bits per heavy atom. The summed E-state index contributed by atoms with van der Waals surface area (Å²) in [6, 6.07) is 1.52. The van der Waals surface area contributed by atoms with E-state index in [-0.39, 0.29) is 28.9 Å². The molecule has 0 unspecified atom stereocenters. The molecule has 0 spiro atoms. The van der Waals surface area contributed by atoms with Crippen LogP contribution in [-0.4, -0.2) is 10.2 Å². The molecule has 4 heteroatoms. The molecule has 0 aliphatic heterocycles. The van der Waals surface area contributed by atoms with Crippen molar-refractivity contribution < 1.29 is 27.2 Å². The van der Waals surface area contributed by atoms with Gasteiger partial charge in [0.1, 0.15) is 0 Å². The van der Waals surface area contributed by atoms with Gasteiger partial charge in [-0.2, -0.15) is 0 Å². The third kappa shape index (κ3) is 2.92. The molecule has 0 bridgehead atoms. The van der Waals surface area contributed by atoms with Gasteiger partial charge < -0.3 is 10.2 Å². The van der Waals surface area contributed by atoms with E-state index in [1.807, 2.05) is 6.92 Å². The maximum Gasteiger partial charge on any atom is 0.172 e. The Balaban J connectivity index is 0.000000184. The predicted octanol–water partition coefficient (Wildman–Crippen LogP) is 4.98. The lowest BCUT2D eigenvalue weighted by Gasteiger charge is -2.00. The zero-order chi connectivity index (χ0) is 22.5. The molecule has 0 radical (unpaired) electrons. The summed E-state index contributed by atoms with van der Waals surface area (Å²) in [6.45, 7) is -0.594. The Labute approximate surface area is 147 Å². The highest BCUT2D eigenvalue weighted by molar-refractivity contribution is 5.66. The Kier molecular flexibility index (Phi) is 2.62. The molecule has 0 fully saturated rings. The predicted molar refractivity (Wildman–Crippen MR) is 90.8 cm³/mol. The van der Waals surface area contributed by atoms with Crippen LogP contribution in [0.15, 0.2) is 35.4 Å². The van der Waals surface area contributed by atoms with E-state index < -0.39 is 42.4 Å². The molecule has 24 heavy (non-hydrogen) atoms. The standard InChI is InChI=1S/2C10H9FO/c2*1-6-4-7-2-3-9(12)10(11)8(7)5-6/h2*2-3,5,12H,4H2,1H3/i1D3,2D,3D,5D;. The highest BCUT2D eigenvalue weighted by Crippen LogP contribution is 2.32. The average molecular weight is 334 g/mol. The molecule has 0 amide bonds. The average Bonchev–Trinajstić information content (AvgIpc) is 3.22. The van der Waals surface area contributed by atoms with E-state index in [9.17, 15) is 13.9 Å². The minimum absolute atomic E-state index is 0.0218. The molecule has 0 aromatic heterocycles. The van der Waals surface area contributed by atoms with Gasteiger partial charge in [0.2, 0.25) is 0 Å². The van der Waals surface area contributed by atoms with Crippen molar-refractivity contribution in [2.24, 2.45) is 0 Å². The van der Waals surface area contributed by atoms with E-state index >= 15 is 0 Å². The van der Waals surface area contributed by atoms with E-state index in [0.29, 0.717) is 5.56 Å². The second-order valence-corrected chi connectivity index (χ2v) is 5.69. The number of fused-ring (bicyclic) bond motifs is 2. The monoisotopic (exact) mass is 334 g/mol. The smallest absolute Gasteiger partial charge is 0.172 e. The Morgan fingerprint density at radius 1 is 0.958 bits per heavy atom. The number of allylic oxidation sites excluding steroid dienone is 2. The van der Waals surface area contributed by atoms with E-state index in [0.717, 1.165) is 17.6 Å². The van der Waals surface area contributed by atoms with Gasteiger partial charge in [-0.1, -0.05) is 35.4 Å². The number of phenols is 2. The molecule has 2 aliphatic carbocycles. The van der Waals surface area contributed by atoms with Gasteiger partial charge in [-0.25, -0.2) is 8.78 Å². The van der Waals surface area contributed by atoms with Crippen LogP contribution in [0.25, 0.3) is 12.1 Å². The van der Waals surface area contributed by atoms with E-state index in [1.54, 1.807) is 12.1 Å². The van der Waals surface area contributed by atoms with Gasteiger partial charge >= 0.3 is 0 Å². The van der Waals surface area contributed by atoms with Gasteiger partial charge in [-0.15, -0.1) is 0 Å². The van der Waals surface area contributed by atoms with Crippen LogP contribution < -0.4 is 0 Å². The number of phenolic OH excluding ortho intramolecular Hbond substituents is 2. The lowest BCUT2D eigenvalue weighted by atomic mass is 10.1. The van der Waals surface area contributed by atoms with Crippen LogP contribution in [0.4, 0.5) is 8.78 Å². The largest absolute Gasteiger partial charge is 0.505 e. The second kappa shape index (κ2) is 6.11. The molecule has 2 aliphatic rings. The van der Waals surface area contributed by atoms with E-state index in [4.69, 9.17) is 13.3 Å². The fourth-order valence-electron chi connectivity index (χ4n) is 2.67. The maximum atomic E-state index is 13.8. The normalized spacial score (nSPS) is 18.9. The van der Waals surface area contributed by atoms with Crippen molar-refractivity contribution in [1.29, 1.82) is 0 Å². The van der Waals surface area contributed by atoms with Gasteiger partial charge in [-0.05, 0) is 49.9 Å². The van der Waals surface area contributed by atoms with Crippen LogP contribution in [0.1, 0.15) is 44.3 Å². The summed E-state index contributed by atoms with van der Waals surface area (Å²) in [6.07, 6.45) is 2.32. The SMILES string of the molecule is CC1=Cc2c(ccc(O)c2F)C1.[2H]C1=C(C([2H])([2H])[2H])Cc2c([2H])c([2H])c(O)c(F)c21. The quantitative estimate of drug-likeness (QED) is 0.713. The van der Waals surface area contributed by atoms with Crippen LogP contribution >= 0.6 is 0 Å². The molecule has 0 atom stereocenters. The highest BCUT2D eigenvalue weighted by Gasteiger charge is 2.16. The van der Waals surface area contributed by atoms with Gasteiger partial charge in [0.25, 0.3) is 0 Å². The number of hydrogen-bond donors (Lipinski definition) is 2. The third-order valence-corrected chi connectivity index (χ3v) is 3.80. The summed E-state index contributed by atoms with van der Waals surface area (Å²) in [4.78, 5) is 0. The fraction of sp³-hybridized carbons (Fsp3) is 0.200. The van der Waals surface area contributed by atoms with Crippen molar-refractivity contribution in [1.82, 2.24) is 0 Å². The van der Waals surface area contributed by atoms with Crippen LogP contribution in [0.3, 0.4) is 0 Å². The molecule has 2 nitrogen and oxygen atoms in total. The first-order valence-corrected chi connectivity index (χ1v) is 7.23. The van der Waals surface area contributed by atoms with Crippen LogP contribution in [0.2, 0.25) is 0 Å². The van der Waals surface area contributed by atoms with Crippen LogP contribution in [0.5, 0.6) is 11.5 Å². The molecule has 0 saturated carbocycles. The van der Waals surface area contributed by atoms with Crippen LogP contribution in [-0.2, 0) is 12.8 Å². The lowest BCUT2D eigenvalue weighted by Crippen LogP contribution is -1.87. The third-order valence-electron chi connectivity index (χ3n) is 3.80. The highest BCUT2D eigenvalue weighted by atomic mass is 19.1. The van der Waals surface area contributed by atoms with Crippen molar-refractivity contribution >= 4 is 12.1 Å². The van der Waals surface area contributed by atoms with Gasteiger partial charge in [0.15, 0.2) is 23.1 Å². The van der Waals surface area contributed by atoms with E-state index in [1.165, 1.54) is 6.07 Å². The molecule has 4 rings (SSSR count). The first kappa shape index (κ1) is 10.3.